The highest BCUT2D eigenvalue weighted by Crippen LogP contribution is 2.52. The Balaban J connectivity index is 1.64. The van der Waals surface area contributed by atoms with Crippen LogP contribution in [0, 0.1) is 19.8 Å². The van der Waals surface area contributed by atoms with Gasteiger partial charge in [-0.05, 0) is 62.8 Å². The number of methoxy groups -OCH3 is 1. The second-order valence-corrected chi connectivity index (χ2v) is 9.31. The fourth-order valence-electron chi connectivity index (χ4n) is 5.06. The van der Waals surface area contributed by atoms with Crippen LogP contribution in [0.1, 0.15) is 29.7 Å². The maximum atomic E-state index is 13.9. The van der Waals surface area contributed by atoms with Crippen LogP contribution in [-0.2, 0) is 4.79 Å². The van der Waals surface area contributed by atoms with Crippen LogP contribution in [0.2, 0.25) is 0 Å². The number of carbonyl (C=O) groups excluding carboxylic acids is 1. The van der Waals surface area contributed by atoms with E-state index in [-0.39, 0.29) is 11.9 Å². The summed E-state index contributed by atoms with van der Waals surface area (Å²) in [6.07, 6.45) is 0. The number of carbonyl (C=O) groups is 1. The van der Waals surface area contributed by atoms with Crippen molar-refractivity contribution in [2.24, 2.45) is 5.92 Å². The van der Waals surface area contributed by atoms with Gasteiger partial charge in [0.1, 0.15) is 5.92 Å². The van der Waals surface area contributed by atoms with E-state index in [0.717, 1.165) is 28.1 Å². The summed E-state index contributed by atoms with van der Waals surface area (Å²) in [5.41, 5.74) is 3.51. The van der Waals surface area contributed by atoms with Crippen LogP contribution in [0.4, 0.5) is 11.4 Å². The fourth-order valence-corrected chi connectivity index (χ4v) is 5.47. The molecule has 5 rings (SSSR count). The number of aryl methyl sites for hydroxylation is 2. The van der Waals surface area contributed by atoms with Gasteiger partial charge in [-0.25, -0.2) is 0 Å². The summed E-state index contributed by atoms with van der Waals surface area (Å²) < 4.78 is 12.3. The monoisotopic (exact) mass is 473 g/mol. The molecule has 1 saturated heterocycles. The molecular formula is C27H27N3O3S. The number of nitrogens with zero attached hydrogens (tertiary/aromatic N) is 1. The molecule has 0 radical (unpaired) electrons. The lowest BCUT2D eigenvalue weighted by Crippen LogP contribution is -2.72. The molecule has 1 fully saturated rings. The van der Waals surface area contributed by atoms with Crippen molar-refractivity contribution in [3.8, 4) is 11.5 Å². The molecule has 7 heteroatoms. The highest BCUT2D eigenvalue weighted by atomic mass is 32.1. The SMILES string of the molecule is COc1cccc2c1O[C@]1(C)[C@H](C(=O)Nc3ccc(C)cc3C)[C@@H]2NC(=S)N1c1ccccc1. The molecule has 2 heterocycles. The first-order valence-electron chi connectivity index (χ1n) is 11.2. The number of ether oxygens (including phenoxy) is 2. The number of hydrogen-bond acceptors (Lipinski definition) is 4. The maximum Gasteiger partial charge on any atom is 0.236 e. The first kappa shape index (κ1) is 22.2. The number of amides is 1. The van der Waals surface area contributed by atoms with Gasteiger partial charge in [0.05, 0.1) is 13.2 Å². The summed E-state index contributed by atoms with van der Waals surface area (Å²) in [7, 11) is 1.61. The molecule has 2 N–H and O–H groups in total. The number of hydrogen-bond donors (Lipinski definition) is 2. The molecular weight excluding hydrogens is 446 g/mol. The molecule has 3 aromatic rings. The number of thiocarbonyl (C=S) groups is 1. The normalized spacial score (nSPS) is 22.8. The lowest BCUT2D eigenvalue weighted by Gasteiger charge is -2.56. The Morgan fingerprint density at radius 1 is 1.12 bits per heavy atom. The van der Waals surface area contributed by atoms with E-state index in [1.807, 2.05) is 86.3 Å². The third kappa shape index (κ3) is 3.47. The quantitative estimate of drug-likeness (QED) is 0.514. The molecule has 0 aromatic heterocycles. The summed E-state index contributed by atoms with van der Waals surface area (Å²) in [6, 6.07) is 21.1. The van der Waals surface area contributed by atoms with Gasteiger partial charge in [0.2, 0.25) is 5.91 Å². The van der Waals surface area contributed by atoms with Crippen molar-refractivity contribution in [2.75, 3.05) is 17.3 Å². The molecule has 0 spiro atoms. The molecule has 6 nitrogen and oxygen atoms in total. The highest BCUT2D eigenvalue weighted by Gasteiger charge is 2.59. The largest absolute Gasteiger partial charge is 0.493 e. The van der Waals surface area contributed by atoms with Gasteiger partial charge in [-0.2, -0.15) is 0 Å². The van der Waals surface area contributed by atoms with Crippen LogP contribution < -0.4 is 25.0 Å². The Morgan fingerprint density at radius 3 is 2.59 bits per heavy atom. The van der Waals surface area contributed by atoms with Crippen LogP contribution >= 0.6 is 12.2 Å². The molecule has 2 aliphatic rings. The second kappa shape index (κ2) is 8.33. The topological polar surface area (TPSA) is 62.8 Å². The van der Waals surface area contributed by atoms with E-state index in [1.54, 1.807) is 7.11 Å². The van der Waals surface area contributed by atoms with Gasteiger partial charge in [-0.15, -0.1) is 0 Å². The zero-order valence-corrected chi connectivity index (χ0v) is 20.4. The molecule has 34 heavy (non-hydrogen) atoms. The van der Waals surface area contributed by atoms with Crippen molar-refractivity contribution in [1.29, 1.82) is 0 Å². The Morgan fingerprint density at radius 2 is 1.88 bits per heavy atom. The van der Waals surface area contributed by atoms with Gasteiger partial charge in [-0.1, -0.05) is 48.0 Å². The highest BCUT2D eigenvalue weighted by molar-refractivity contribution is 7.80. The smallest absolute Gasteiger partial charge is 0.236 e. The minimum absolute atomic E-state index is 0.149. The van der Waals surface area contributed by atoms with Crippen molar-refractivity contribution in [3.05, 3.63) is 83.4 Å². The third-order valence-corrected chi connectivity index (χ3v) is 6.95. The third-order valence-electron chi connectivity index (χ3n) is 6.65. The average molecular weight is 474 g/mol. The van der Waals surface area contributed by atoms with E-state index in [0.29, 0.717) is 16.6 Å². The van der Waals surface area contributed by atoms with E-state index in [2.05, 4.69) is 16.7 Å². The molecule has 0 aliphatic carbocycles. The molecule has 1 amide bonds. The fraction of sp³-hybridized carbons (Fsp3) is 0.259. The van der Waals surface area contributed by atoms with Crippen molar-refractivity contribution >= 4 is 34.6 Å². The number of nitrogens with one attached hydrogen (secondary N) is 2. The predicted molar refractivity (Wildman–Crippen MR) is 137 cm³/mol. The van der Waals surface area contributed by atoms with Crippen molar-refractivity contribution in [2.45, 2.75) is 32.5 Å². The molecule has 174 valence electrons. The zero-order valence-electron chi connectivity index (χ0n) is 19.6. The van der Waals surface area contributed by atoms with Crippen molar-refractivity contribution < 1.29 is 14.3 Å². The van der Waals surface area contributed by atoms with Gasteiger partial charge in [-0.3, -0.25) is 9.69 Å². The van der Waals surface area contributed by atoms with Gasteiger partial charge in [0.15, 0.2) is 22.3 Å². The molecule has 2 bridgehead atoms. The van der Waals surface area contributed by atoms with Gasteiger partial charge in [0, 0.05) is 16.9 Å². The number of rotatable bonds is 4. The molecule has 3 aromatic carbocycles. The average Bonchev–Trinajstić information content (AvgIpc) is 2.80. The first-order valence-corrected chi connectivity index (χ1v) is 11.6. The summed E-state index contributed by atoms with van der Waals surface area (Å²) in [4.78, 5) is 15.8. The van der Waals surface area contributed by atoms with Crippen LogP contribution in [0.15, 0.2) is 66.7 Å². The van der Waals surface area contributed by atoms with Crippen LogP contribution in [0.5, 0.6) is 11.5 Å². The predicted octanol–water partition coefficient (Wildman–Crippen LogP) is 5.11. The van der Waals surface area contributed by atoms with Gasteiger partial charge < -0.3 is 20.1 Å². The summed E-state index contributed by atoms with van der Waals surface area (Å²) in [5.74, 6) is 0.470. The number of para-hydroxylation sites is 2. The standard InChI is InChI=1S/C27H27N3O3S/c1-16-13-14-20(17(2)15-16)28-25(31)22-23-19-11-8-12-21(32-4)24(19)33-27(22,3)30(26(34)29-23)18-9-6-5-7-10-18/h5-15,22-23H,1-4H3,(H,28,31)(H,29,34)/t22-,23+,27+/m0/s1. The Hall–Kier alpha value is -3.58. The molecule has 0 unspecified atom stereocenters. The molecule has 0 saturated carbocycles. The summed E-state index contributed by atoms with van der Waals surface area (Å²) in [6.45, 7) is 5.94. The minimum atomic E-state index is -1.10. The molecule has 2 aliphatic heterocycles. The molecule has 3 atom stereocenters. The van der Waals surface area contributed by atoms with Crippen LogP contribution in [0.3, 0.4) is 0 Å². The van der Waals surface area contributed by atoms with E-state index < -0.39 is 11.6 Å². The Bertz CT molecular complexity index is 1280. The maximum absolute atomic E-state index is 13.9. The van der Waals surface area contributed by atoms with E-state index >= 15 is 0 Å². The summed E-state index contributed by atoms with van der Waals surface area (Å²) in [5, 5.41) is 7.08. The lowest BCUT2D eigenvalue weighted by molar-refractivity contribution is -0.130. The summed E-state index contributed by atoms with van der Waals surface area (Å²) >= 11 is 5.80. The number of anilines is 2. The van der Waals surface area contributed by atoms with E-state index in [4.69, 9.17) is 21.7 Å². The Kier molecular flexibility index (Phi) is 5.44. The van der Waals surface area contributed by atoms with Gasteiger partial charge >= 0.3 is 0 Å². The zero-order chi connectivity index (χ0) is 24.0. The Labute approximate surface area is 204 Å². The number of benzene rings is 3. The minimum Gasteiger partial charge on any atom is -0.493 e. The number of fused-ring (bicyclic) bond motifs is 4. The van der Waals surface area contributed by atoms with E-state index in [9.17, 15) is 4.79 Å². The van der Waals surface area contributed by atoms with Crippen molar-refractivity contribution in [3.63, 3.8) is 0 Å². The van der Waals surface area contributed by atoms with E-state index in [1.165, 1.54) is 0 Å². The first-order chi connectivity index (χ1) is 16.3. The van der Waals surface area contributed by atoms with Crippen LogP contribution in [0.25, 0.3) is 0 Å². The van der Waals surface area contributed by atoms with Gasteiger partial charge in [0.25, 0.3) is 0 Å². The van der Waals surface area contributed by atoms with Crippen LogP contribution in [-0.4, -0.2) is 23.9 Å². The lowest BCUT2D eigenvalue weighted by atomic mass is 9.78. The van der Waals surface area contributed by atoms with Crippen molar-refractivity contribution in [1.82, 2.24) is 5.32 Å². The second-order valence-electron chi connectivity index (χ2n) is 8.92.